The molecule has 1 saturated carbocycles. The number of ether oxygens (including phenoxy) is 3. The highest BCUT2D eigenvalue weighted by Crippen LogP contribution is 2.32. The summed E-state index contributed by atoms with van der Waals surface area (Å²) in [5.41, 5.74) is 0. The summed E-state index contributed by atoms with van der Waals surface area (Å²) in [4.78, 5) is 0. The van der Waals surface area contributed by atoms with Crippen LogP contribution in [0, 0.1) is 0 Å². The van der Waals surface area contributed by atoms with Crippen molar-refractivity contribution in [2.24, 2.45) is 0 Å². The molecule has 0 aromatic heterocycles. The van der Waals surface area contributed by atoms with Crippen LogP contribution in [0.5, 0.6) is 0 Å². The predicted molar refractivity (Wildman–Crippen MR) is 84.6 cm³/mol. The van der Waals surface area contributed by atoms with Crippen molar-refractivity contribution in [1.82, 2.24) is 5.32 Å². The van der Waals surface area contributed by atoms with Gasteiger partial charge in [-0.1, -0.05) is 13.8 Å². The van der Waals surface area contributed by atoms with Crippen molar-refractivity contribution in [2.75, 3.05) is 13.2 Å². The van der Waals surface area contributed by atoms with Crippen molar-refractivity contribution in [2.45, 2.75) is 96.4 Å². The number of hydrogen-bond donors (Lipinski definition) is 1. The lowest BCUT2D eigenvalue weighted by molar-refractivity contribution is -0.193. The van der Waals surface area contributed by atoms with Crippen LogP contribution in [-0.2, 0) is 14.2 Å². The second-order valence-corrected chi connectivity index (χ2v) is 6.66. The summed E-state index contributed by atoms with van der Waals surface area (Å²) in [5, 5.41) is 3.58. The van der Waals surface area contributed by atoms with Crippen LogP contribution in [0.3, 0.4) is 0 Å². The van der Waals surface area contributed by atoms with Crippen molar-refractivity contribution >= 4 is 0 Å². The van der Waals surface area contributed by atoms with Crippen LogP contribution < -0.4 is 5.32 Å². The molecule has 1 aliphatic carbocycles. The molecule has 2 aliphatic rings. The topological polar surface area (TPSA) is 39.7 Å². The van der Waals surface area contributed by atoms with Crippen LogP contribution >= 0.6 is 0 Å². The Morgan fingerprint density at radius 3 is 2.38 bits per heavy atom. The van der Waals surface area contributed by atoms with Gasteiger partial charge in [0.25, 0.3) is 0 Å². The van der Waals surface area contributed by atoms with E-state index < -0.39 is 0 Å². The highest BCUT2D eigenvalue weighted by molar-refractivity contribution is 4.98. The first-order valence-electron chi connectivity index (χ1n) is 8.79. The van der Waals surface area contributed by atoms with Gasteiger partial charge in [-0.2, -0.15) is 0 Å². The molecule has 5 unspecified atom stereocenters. The molecule has 0 aromatic rings. The molecule has 2 fully saturated rings. The van der Waals surface area contributed by atoms with Crippen molar-refractivity contribution in [3.63, 3.8) is 0 Å². The highest BCUT2D eigenvalue weighted by Gasteiger charge is 2.44. The third-order valence-electron chi connectivity index (χ3n) is 4.44. The average Bonchev–Trinajstić information content (AvgIpc) is 2.41. The summed E-state index contributed by atoms with van der Waals surface area (Å²) in [5.74, 6) is 0. The molecular formula is C17H33NO3. The molecule has 1 aliphatic heterocycles. The summed E-state index contributed by atoms with van der Waals surface area (Å²) < 4.78 is 18.2. The second-order valence-electron chi connectivity index (χ2n) is 6.66. The molecule has 4 nitrogen and oxygen atoms in total. The van der Waals surface area contributed by atoms with Gasteiger partial charge in [-0.15, -0.1) is 0 Å². The Kier molecular flexibility index (Phi) is 6.93. The fourth-order valence-electron chi connectivity index (χ4n) is 3.42. The third kappa shape index (κ3) is 4.92. The summed E-state index contributed by atoms with van der Waals surface area (Å²) >= 11 is 0. The van der Waals surface area contributed by atoms with E-state index in [1.807, 2.05) is 0 Å². The van der Waals surface area contributed by atoms with Crippen molar-refractivity contribution < 1.29 is 14.2 Å². The first kappa shape index (κ1) is 17.2. The van der Waals surface area contributed by atoms with E-state index in [0.717, 1.165) is 45.3 Å². The Bertz CT molecular complexity index is 290. The zero-order chi connectivity index (χ0) is 15.2. The van der Waals surface area contributed by atoms with Crippen molar-refractivity contribution in [3.8, 4) is 0 Å². The zero-order valence-corrected chi connectivity index (χ0v) is 14.1. The first-order valence-corrected chi connectivity index (χ1v) is 8.79. The van der Waals surface area contributed by atoms with Crippen molar-refractivity contribution in [1.29, 1.82) is 0 Å². The Morgan fingerprint density at radius 1 is 1.05 bits per heavy atom. The quantitative estimate of drug-likeness (QED) is 0.748. The maximum Gasteiger partial charge on any atom is 0.0990 e. The van der Waals surface area contributed by atoms with Gasteiger partial charge in [-0.05, 0) is 52.5 Å². The van der Waals surface area contributed by atoms with E-state index in [1.54, 1.807) is 0 Å². The van der Waals surface area contributed by atoms with Crippen LogP contribution in [-0.4, -0.2) is 49.7 Å². The summed E-state index contributed by atoms with van der Waals surface area (Å²) in [6.07, 6.45) is 6.75. The van der Waals surface area contributed by atoms with E-state index in [2.05, 4.69) is 33.0 Å². The summed E-state index contributed by atoms with van der Waals surface area (Å²) in [6, 6.07) is 0.469. The molecule has 0 amide bonds. The maximum atomic E-state index is 6.34. The molecule has 1 heterocycles. The minimum Gasteiger partial charge on any atom is -0.375 e. The van der Waals surface area contributed by atoms with E-state index >= 15 is 0 Å². The lowest BCUT2D eigenvalue weighted by Gasteiger charge is -2.47. The van der Waals surface area contributed by atoms with Crippen LogP contribution in [0.2, 0.25) is 0 Å². The maximum absolute atomic E-state index is 6.34. The van der Waals surface area contributed by atoms with Gasteiger partial charge in [-0.25, -0.2) is 0 Å². The Labute approximate surface area is 129 Å². The molecule has 5 atom stereocenters. The Hall–Kier alpha value is -0.160. The molecular weight excluding hydrogens is 266 g/mol. The van der Waals surface area contributed by atoms with Crippen LogP contribution in [0.15, 0.2) is 0 Å². The number of rotatable bonds is 8. The van der Waals surface area contributed by atoms with E-state index in [0.29, 0.717) is 24.4 Å². The SMILES string of the molecule is CCCNC1CC(OC2CC(C)OC(C)C2)C1OCCC. The average molecular weight is 299 g/mol. The van der Waals surface area contributed by atoms with Gasteiger partial charge in [0.2, 0.25) is 0 Å². The van der Waals surface area contributed by atoms with Crippen LogP contribution in [0.1, 0.15) is 59.8 Å². The number of nitrogens with one attached hydrogen (secondary N) is 1. The molecule has 0 radical (unpaired) electrons. The first-order chi connectivity index (χ1) is 10.1. The van der Waals surface area contributed by atoms with Crippen LogP contribution in [0.25, 0.3) is 0 Å². The fraction of sp³-hybridized carbons (Fsp3) is 1.00. The smallest absolute Gasteiger partial charge is 0.0990 e. The number of hydrogen-bond acceptors (Lipinski definition) is 4. The van der Waals surface area contributed by atoms with Gasteiger partial charge in [0.15, 0.2) is 0 Å². The molecule has 1 saturated heterocycles. The zero-order valence-electron chi connectivity index (χ0n) is 14.1. The summed E-state index contributed by atoms with van der Waals surface area (Å²) in [6.45, 7) is 10.5. The molecule has 2 rings (SSSR count). The molecule has 21 heavy (non-hydrogen) atoms. The lowest BCUT2D eigenvalue weighted by atomic mass is 9.84. The van der Waals surface area contributed by atoms with Gasteiger partial charge in [0, 0.05) is 12.6 Å². The van der Waals surface area contributed by atoms with Gasteiger partial charge in [-0.3, -0.25) is 0 Å². The lowest BCUT2D eigenvalue weighted by Crippen LogP contribution is -2.61. The minimum absolute atomic E-state index is 0.227. The molecule has 0 bridgehead atoms. The third-order valence-corrected chi connectivity index (χ3v) is 4.44. The molecule has 0 spiro atoms. The van der Waals surface area contributed by atoms with Gasteiger partial charge in [0.1, 0.15) is 0 Å². The van der Waals surface area contributed by atoms with Crippen LogP contribution in [0.4, 0.5) is 0 Å². The monoisotopic (exact) mass is 299 g/mol. The minimum atomic E-state index is 0.227. The van der Waals surface area contributed by atoms with Gasteiger partial charge < -0.3 is 19.5 Å². The standard InChI is InChI=1S/C17H33NO3/c1-5-7-18-15-11-16(17(15)19-8-6-2)21-14-9-12(3)20-13(4)10-14/h12-18H,5-11H2,1-4H3. The molecule has 4 heteroatoms. The predicted octanol–water partition coefficient (Wildman–Crippen LogP) is 2.89. The van der Waals surface area contributed by atoms with Gasteiger partial charge in [0.05, 0.1) is 30.5 Å². The molecule has 0 aromatic carbocycles. The van der Waals surface area contributed by atoms with E-state index in [-0.39, 0.29) is 12.2 Å². The largest absolute Gasteiger partial charge is 0.375 e. The van der Waals surface area contributed by atoms with E-state index in [9.17, 15) is 0 Å². The van der Waals surface area contributed by atoms with Crippen molar-refractivity contribution in [3.05, 3.63) is 0 Å². The van der Waals surface area contributed by atoms with E-state index in [4.69, 9.17) is 14.2 Å². The Morgan fingerprint density at radius 2 is 1.76 bits per heavy atom. The van der Waals surface area contributed by atoms with Gasteiger partial charge >= 0.3 is 0 Å². The molecule has 124 valence electrons. The Balaban J connectivity index is 1.81. The second kappa shape index (κ2) is 8.47. The normalized spacial score (nSPS) is 40.0. The molecule has 1 N–H and O–H groups in total. The fourth-order valence-corrected chi connectivity index (χ4v) is 3.42. The summed E-state index contributed by atoms with van der Waals surface area (Å²) in [7, 11) is 0. The highest BCUT2D eigenvalue weighted by atomic mass is 16.6. The van der Waals surface area contributed by atoms with E-state index in [1.165, 1.54) is 0 Å².